The zero-order valence-electron chi connectivity index (χ0n) is 10.9. The fourth-order valence-electron chi connectivity index (χ4n) is 2.41. The Morgan fingerprint density at radius 3 is 2.94 bits per heavy atom. The number of hydrogen-bond acceptors (Lipinski definition) is 2. The number of nitrogens with zero attached hydrogens (tertiary/aromatic N) is 1. The van der Waals surface area contributed by atoms with Crippen LogP contribution in [-0.4, -0.2) is 30.1 Å². The standard InChI is InChI=1S/C14H20BrClN2/c1-10-8-18(11(2)5-6-17-10)9-12-3-4-13(15)7-14(12)16/h3-4,7,10-11,17H,5-6,8-9H2,1-2H3. The van der Waals surface area contributed by atoms with Gasteiger partial charge in [-0.2, -0.15) is 0 Å². The summed E-state index contributed by atoms with van der Waals surface area (Å²) in [6.45, 7) is 7.65. The second-order valence-corrected chi connectivity index (χ2v) is 6.48. The van der Waals surface area contributed by atoms with E-state index in [0.29, 0.717) is 12.1 Å². The summed E-state index contributed by atoms with van der Waals surface area (Å²) in [6, 6.07) is 7.29. The van der Waals surface area contributed by atoms with Crippen LogP contribution in [0.1, 0.15) is 25.8 Å². The molecule has 2 unspecified atom stereocenters. The number of halogens is 2. The van der Waals surface area contributed by atoms with Crippen LogP contribution in [0, 0.1) is 0 Å². The maximum Gasteiger partial charge on any atom is 0.0462 e. The molecule has 1 saturated heterocycles. The zero-order chi connectivity index (χ0) is 13.1. The number of rotatable bonds is 2. The van der Waals surface area contributed by atoms with Crippen molar-refractivity contribution in [2.24, 2.45) is 0 Å². The fourth-order valence-corrected chi connectivity index (χ4v) is 3.14. The lowest BCUT2D eigenvalue weighted by Crippen LogP contribution is -2.38. The first-order chi connectivity index (χ1) is 8.56. The van der Waals surface area contributed by atoms with Gasteiger partial charge in [-0.25, -0.2) is 0 Å². The molecule has 1 heterocycles. The largest absolute Gasteiger partial charge is 0.313 e. The molecule has 1 aromatic rings. The summed E-state index contributed by atoms with van der Waals surface area (Å²) in [5, 5.41) is 4.38. The van der Waals surface area contributed by atoms with E-state index in [-0.39, 0.29) is 0 Å². The molecule has 100 valence electrons. The van der Waals surface area contributed by atoms with Crippen molar-refractivity contribution in [3.05, 3.63) is 33.3 Å². The van der Waals surface area contributed by atoms with Crippen LogP contribution in [0.4, 0.5) is 0 Å². The molecule has 0 bridgehead atoms. The van der Waals surface area contributed by atoms with Gasteiger partial charge in [-0.15, -0.1) is 0 Å². The van der Waals surface area contributed by atoms with Crippen molar-refractivity contribution in [2.75, 3.05) is 13.1 Å². The first-order valence-electron chi connectivity index (χ1n) is 6.47. The Kier molecular flexibility index (Phi) is 5.07. The van der Waals surface area contributed by atoms with Crippen molar-refractivity contribution in [2.45, 2.75) is 38.9 Å². The van der Waals surface area contributed by atoms with E-state index in [4.69, 9.17) is 11.6 Å². The van der Waals surface area contributed by atoms with E-state index in [1.165, 1.54) is 12.0 Å². The van der Waals surface area contributed by atoms with E-state index in [2.05, 4.69) is 52.1 Å². The van der Waals surface area contributed by atoms with Gasteiger partial charge in [-0.3, -0.25) is 4.90 Å². The Morgan fingerprint density at radius 2 is 2.22 bits per heavy atom. The van der Waals surface area contributed by atoms with Crippen molar-refractivity contribution in [3.63, 3.8) is 0 Å². The zero-order valence-corrected chi connectivity index (χ0v) is 13.3. The summed E-state index contributed by atoms with van der Waals surface area (Å²) < 4.78 is 1.04. The summed E-state index contributed by atoms with van der Waals surface area (Å²) in [4.78, 5) is 2.51. The quantitative estimate of drug-likeness (QED) is 0.889. The highest BCUT2D eigenvalue weighted by atomic mass is 79.9. The third kappa shape index (κ3) is 3.70. The average Bonchev–Trinajstić information content (AvgIpc) is 2.45. The Hall–Kier alpha value is -0.0900. The van der Waals surface area contributed by atoms with E-state index in [1.807, 2.05) is 6.07 Å². The van der Waals surface area contributed by atoms with Gasteiger partial charge in [0, 0.05) is 34.7 Å². The molecule has 18 heavy (non-hydrogen) atoms. The molecule has 2 rings (SSSR count). The highest BCUT2D eigenvalue weighted by molar-refractivity contribution is 9.10. The molecule has 0 amide bonds. The van der Waals surface area contributed by atoms with Crippen LogP contribution < -0.4 is 5.32 Å². The minimum Gasteiger partial charge on any atom is -0.313 e. The third-order valence-corrected chi connectivity index (χ3v) is 4.42. The molecule has 2 atom stereocenters. The topological polar surface area (TPSA) is 15.3 Å². The molecule has 2 nitrogen and oxygen atoms in total. The number of hydrogen-bond donors (Lipinski definition) is 1. The van der Waals surface area contributed by atoms with E-state index < -0.39 is 0 Å². The summed E-state index contributed by atoms with van der Waals surface area (Å²) >= 11 is 9.75. The van der Waals surface area contributed by atoms with E-state index in [9.17, 15) is 0 Å². The Morgan fingerprint density at radius 1 is 1.44 bits per heavy atom. The van der Waals surface area contributed by atoms with Crippen LogP contribution in [0.3, 0.4) is 0 Å². The third-order valence-electron chi connectivity index (χ3n) is 3.58. The summed E-state index contributed by atoms with van der Waals surface area (Å²) in [6.07, 6.45) is 1.19. The van der Waals surface area contributed by atoms with Crippen molar-refractivity contribution in [1.29, 1.82) is 0 Å². The lowest BCUT2D eigenvalue weighted by atomic mass is 10.1. The molecule has 4 heteroatoms. The van der Waals surface area contributed by atoms with Crippen molar-refractivity contribution in [1.82, 2.24) is 10.2 Å². The maximum absolute atomic E-state index is 6.30. The molecule has 1 aliphatic heterocycles. The molecular formula is C14H20BrClN2. The minimum atomic E-state index is 0.546. The normalized spacial score (nSPS) is 26.0. The summed E-state index contributed by atoms with van der Waals surface area (Å²) in [5.41, 5.74) is 1.21. The van der Waals surface area contributed by atoms with Crippen LogP contribution in [-0.2, 0) is 6.54 Å². The average molecular weight is 332 g/mol. The Balaban J connectivity index is 2.10. The van der Waals surface area contributed by atoms with Gasteiger partial charge >= 0.3 is 0 Å². The minimum absolute atomic E-state index is 0.546. The van der Waals surface area contributed by atoms with Crippen LogP contribution in [0.5, 0.6) is 0 Å². The highest BCUT2D eigenvalue weighted by Gasteiger charge is 2.21. The van der Waals surface area contributed by atoms with Gasteiger partial charge in [-0.05, 0) is 44.5 Å². The predicted octanol–water partition coefficient (Wildman–Crippen LogP) is 3.67. The molecule has 0 saturated carbocycles. The Labute approximate surface area is 123 Å². The molecule has 1 aromatic carbocycles. The van der Waals surface area contributed by atoms with Crippen molar-refractivity contribution in [3.8, 4) is 0 Å². The summed E-state index contributed by atoms with van der Waals surface area (Å²) in [5.74, 6) is 0. The maximum atomic E-state index is 6.30. The summed E-state index contributed by atoms with van der Waals surface area (Å²) in [7, 11) is 0. The van der Waals surface area contributed by atoms with Gasteiger partial charge in [0.15, 0.2) is 0 Å². The first kappa shape index (κ1) is 14.3. The van der Waals surface area contributed by atoms with Gasteiger partial charge in [-0.1, -0.05) is 33.6 Å². The van der Waals surface area contributed by atoms with Gasteiger partial charge in [0.05, 0.1) is 0 Å². The molecule has 0 aliphatic carbocycles. The van der Waals surface area contributed by atoms with Gasteiger partial charge < -0.3 is 5.32 Å². The fraction of sp³-hybridized carbons (Fsp3) is 0.571. The lowest BCUT2D eigenvalue weighted by molar-refractivity contribution is 0.199. The van der Waals surface area contributed by atoms with Gasteiger partial charge in [0.2, 0.25) is 0 Å². The first-order valence-corrected chi connectivity index (χ1v) is 7.64. The lowest BCUT2D eigenvalue weighted by Gasteiger charge is -2.28. The molecule has 0 radical (unpaired) electrons. The monoisotopic (exact) mass is 330 g/mol. The smallest absolute Gasteiger partial charge is 0.0462 e. The van der Waals surface area contributed by atoms with Crippen LogP contribution >= 0.6 is 27.5 Å². The highest BCUT2D eigenvalue weighted by Crippen LogP contribution is 2.24. The Bertz CT molecular complexity index is 411. The predicted molar refractivity (Wildman–Crippen MR) is 81.1 cm³/mol. The van der Waals surface area contributed by atoms with Crippen molar-refractivity contribution < 1.29 is 0 Å². The van der Waals surface area contributed by atoms with Crippen LogP contribution in [0.25, 0.3) is 0 Å². The van der Waals surface area contributed by atoms with E-state index in [0.717, 1.165) is 29.1 Å². The molecule has 1 fully saturated rings. The second-order valence-electron chi connectivity index (χ2n) is 5.16. The van der Waals surface area contributed by atoms with Crippen LogP contribution in [0.15, 0.2) is 22.7 Å². The van der Waals surface area contributed by atoms with E-state index >= 15 is 0 Å². The molecule has 1 N–H and O–H groups in total. The molecular weight excluding hydrogens is 312 g/mol. The second kappa shape index (κ2) is 6.38. The number of benzene rings is 1. The van der Waals surface area contributed by atoms with Gasteiger partial charge in [0.25, 0.3) is 0 Å². The van der Waals surface area contributed by atoms with Crippen LogP contribution in [0.2, 0.25) is 5.02 Å². The van der Waals surface area contributed by atoms with Gasteiger partial charge in [0.1, 0.15) is 0 Å². The molecule has 0 aromatic heterocycles. The van der Waals surface area contributed by atoms with Crippen molar-refractivity contribution >= 4 is 27.5 Å². The SMILES string of the molecule is CC1CN(Cc2ccc(Br)cc2Cl)C(C)CCN1. The molecule has 0 spiro atoms. The molecule has 1 aliphatic rings. The number of nitrogens with one attached hydrogen (secondary N) is 1. The van der Waals surface area contributed by atoms with E-state index in [1.54, 1.807) is 0 Å².